The molecule has 0 aliphatic carbocycles. The summed E-state index contributed by atoms with van der Waals surface area (Å²) in [6.45, 7) is 1.81. The second kappa shape index (κ2) is 3.06. The van der Waals surface area contributed by atoms with Crippen molar-refractivity contribution in [3.8, 4) is 0 Å². The van der Waals surface area contributed by atoms with E-state index in [2.05, 4.69) is 9.97 Å². The second-order valence-electron chi connectivity index (χ2n) is 1.87. The van der Waals surface area contributed by atoms with Crippen molar-refractivity contribution in [3.63, 3.8) is 0 Å². The van der Waals surface area contributed by atoms with Crippen molar-refractivity contribution < 1.29 is 4.79 Å². The molecule has 0 N–H and O–H groups in total. The quantitative estimate of drug-likeness (QED) is 0.571. The average Bonchev–Trinajstić information content (AvgIpc) is 2.05. The fraction of sp³-hybridized carbons (Fsp3) is 0.286. The molecular formula is C7H8N2O. The lowest BCUT2D eigenvalue weighted by molar-refractivity contribution is 0.0983. The summed E-state index contributed by atoms with van der Waals surface area (Å²) in [4.78, 5) is 18.4. The monoisotopic (exact) mass is 136 g/mol. The third kappa shape index (κ3) is 1.37. The Morgan fingerprint density at radius 1 is 1.70 bits per heavy atom. The van der Waals surface area contributed by atoms with Crippen molar-refractivity contribution in [1.29, 1.82) is 0 Å². The normalized spacial score (nSPS) is 9.30. The zero-order valence-electron chi connectivity index (χ0n) is 5.74. The van der Waals surface area contributed by atoms with Gasteiger partial charge in [-0.25, -0.2) is 9.97 Å². The maximum absolute atomic E-state index is 10.9. The van der Waals surface area contributed by atoms with E-state index in [0.717, 1.165) is 0 Å². The maximum atomic E-state index is 10.9. The lowest BCUT2D eigenvalue weighted by Gasteiger charge is -1.91. The average molecular weight is 136 g/mol. The zero-order chi connectivity index (χ0) is 7.40. The van der Waals surface area contributed by atoms with E-state index in [4.69, 9.17) is 0 Å². The molecule has 1 heterocycles. The SMILES string of the molecule is CCC(=O)c1ccncn1. The van der Waals surface area contributed by atoms with Crippen molar-refractivity contribution in [2.45, 2.75) is 13.3 Å². The molecule has 0 aliphatic rings. The summed E-state index contributed by atoms with van der Waals surface area (Å²) < 4.78 is 0. The van der Waals surface area contributed by atoms with Crippen LogP contribution in [0, 0.1) is 0 Å². The molecule has 0 unspecified atom stereocenters. The van der Waals surface area contributed by atoms with Gasteiger partial charge in [0.2, 0.25) is 0 Å². The molecule has 3 nitrogen and oxygen atoms in total. The van der Waals surface area contributed by atoms with Crippen LogP contribution in [-0.2, 0) is 0 Å². The van der Waals surface area contributed by atoms with E-state index in [0.29, 0.717) is 12.1 Å². The molecule has 0 fully saturated rings. The van der Waals surface area contributed by atoms with Crippen LogP contribution < -0.4 is 0 Å². The lowest BCUT2D eigenvalue weighted by Crippen LogP contribution is -1.99. The van der Waals surface area contributed by atoms with Crippen molar-refractivity contribution >= 4 is 5.78 Å². The highest BCUT2D eigenvalue weighted by Gasteiger charge is 2.00. The first kappa shape index (κ1) is 6.86. The van der Waals surface area contributed by atoms with Gasteiger partial charge >= 0.3 is 0 Å². The van der Waals surface area contributed by atoms with Gasteiger partial charge in [0.15, 0.2) is 5.78 Å². The summed E-state index contributed by atoms with van der Waals surface area (Å²) in [7, 11) is 0. The highest BCUT2D eigenvalue weighted by molar-refractivity contribution is 5.93. The Hall–Kier alpha value is -1.25. The molecule has 0 aromatic carbocycles. The van der Waals surface area contributed by atoms with Crippen LogP contribution in [0.1, 0.15) is 23.8 Å². The molecule has 0 radical (unpaired) electrons. The third-order valence-electron chi connectivity index (χ3n) is 1.19. The lowest BCUT2D eigenvalue weighted by atomic mass is 10.2. The highest BCUT2D eigenvalue weighted by Crippen LogP contribution is 1.95. The van der Waals surface area contributed by atoms with E-state index in [9.17, 15) is 4.79 Å². The molecule has 52 valence electrons. The topological polar surface area (TPSA) is 42.9 Å². The largest absolute Gasteiger partial charge is 0.292 e. The number of hydrogen-bond acceptors (Lipinski definition) is 3. The molecule has 1 aromatic heterocycles. The Bertz CT molecular complexity index is 220. The Labute approximate surface area is 59.1 Å². The summed E-state index contributed by atoms with van der Waals surface area (Å²) in [5.41, 5.74) is 0.498. The molecular weight excluding hydrogens is 128 g/mol. The fourth-order valence-electron chi connectivity index (χ4n) is 0.637. The number of carbonyl (C=O) groups is 1. The number of nitrogens with zero attached hydrogens (tertiary/aromatic N) is 2. The third-order valence-corrected chi connectivity index (χ3v) is 1.19. The number of ketones is 1. The molecule has 0 aliphatic heterocycles. The molecule has 1 aromatic rings. The number of carbonyl (C=O) groups excluding carboxylic acids is 1. The molecule has 1 rings (SSSR count). The molecule has 0 saturated heterocycles. The maximum Gasteiger partial charge on any atom is 0.181 e. The van der Waals surface area contributed by atoms with Gasteiger partial charge in [-0.1, -0.05) is 6.92 Å². The van der Waals surface area contributed by atoms with Gasteiger partial charge in [-0.15, -0.1) is 0 Å². The molecule has 10 heavy (non-hydrogen) atoms. The van der Waals surface area contributed by atoms with Crippen molar-refractivity contribution in [1.82, 2.24) is 9.97 Å². The van der Waals surface area contributed by atoms with E-state index in [1.165, 1.54) is 6.33 Å². The van der Waals surface area contributed by atoms with Crippen LogP contribution in [0.2, 0.25) is 0 Å². The minimum Gasteiger partial charge on any atom is -0.292 e. The van der Waals surface area contributed by atoms with Crippen molar-refractivity contribution in [3.05, 3.63) is 24.3 Å². The van der Waals surface area contributed by atoms with Gasteiger partial charge in [0, 0.05) is 12.6 Å². The van der Waals surface area contributed by atoms with Gasteiger partial charge in [0.05, 0.1) is 0 Å². The first-order chi connectivity index (χ1) is 4.84. The van der Waals surface area contributed by atoms with Crippen molar-refractivity contribution in [2.24, 2.45) is 0 Å². The van der Waals surface area contributed by atoms with E-state index >= 15 is 0 Å². The summed E-state index contributed by atoms with van der Waals surface area (Å²) in [6.07, 6.45) is 3.44. The minimum absolute atomic E-state index is 0.0578. The van der Waals surface area contributed by atoms with E-state index in [-0.39, 0.29) is 5.78 Å². The fourth-order valence-corrected chi connectivity index (χ4v) is 0.637. The van der Waals surface area contributed by atoms with Gasteiger partial charge in [0.25, 0.3) is 0 Å². The van der Waals surface area contributed by atoms with Crippen LogP contribution in [0.3, 0.4) is 0 Å². The smallest absolute Gasteiger partial charge is 0.181 e. The van der Waals surface area contributed by atoms with Gasteiger partial charge in [-0.05, 0) is 6.07 Å². The second-order valence-corrected chi connectivity index (χ2v) is 1.87. The van der Waals surface area contributed by atoms with Crippen molar-refractivity contribution in [2.75, 3.05) is 0 Å². The molecule has 0 atom stereocenters. The van der Waals surface area contributed by atoms with Crippen LogP contribution in [-0.4, -0.2) is 15.8 Å². The molecule has 0 bridgehead atoms. The van der Waals surface area contributed by atoms with Crippen LogP contribution in [0.25, 0.3) is 0 Å². The first-order valence-corrected chi connectivity index (χ1v) is 3.13. The molecule has 0 saturated carbocycles. The Kier molecular flexibility index (Phi) is 2.10. The number of rotatable bonds is 2. The van der Waals surface area contributed by atoms with Gasteiger partial charge < -0.3 is 0 Å². The molecule has 0 spiro atoms. The summed E-state index contributed by atoms with van der Waals surface area (Å²) >= 11 is 0. The number of Topliss-reactive ketones (excluding diaryl/α,β-unsaturated/α-hetero) is 1. The standard InChI is InChI=1S/C7H8N2O/c1-2-7(10)6-3-4-8-5-9-6/h3-5H,2H2,1H3. The summed E-state index contributed by atoms with van der Waals surface area (Å²) in [6, 6.07) is 1.62. The Morgan fingerprint density at radius 3 is 3.00 bits per heavy atom. The summed E-state index contributed by atoms with van der Waals surface area (Å²) in [5.74, 6) is 0.0578. The van der Waals surface area contributed by atoms with Crippen LogP contribution in [0.5, 0.6) is 0 Å². The number of aromatic nitrogens is 2. The molecule has 3 heteroatoms. The number of hydrogen-bond donors (Lipinski definition) is 0. The first-order valence-electron chi connectivity index (χ1n) is 3.13. The predicted molar refractivity (Wildman–Crippen MR) is 36.7 cm³/mol. The Balaban J connectivity index is 2.85. The van der Waals surface area contributed by atoms with Gasteiger partial charge in [-0.2, -0.15) is 0 Å². The van der Waals surface area contributed by atoms with Crippen LogP contribution in [0.4, 0.5) is 0 Å². The summed E-state index contributed by atoms with van der Waals surface area (Å²) in [5, 5.41) is 0. The predicted octanol–water partition coefficient (Wildman–Crippen LogP) is 1.07. The van der Waals surface area contributed by atoms with Crippen LogP contribution >= 0.6 is 0 Å². The Morgan fingerprint density at radius 2 is 2.50 bits per heavy atom. The zero-order valence-corrected chi connectivity index (χ0v) is 5.74. The molecule has 0 amide bonds. The minimum atomic E-state index is 0.0578. The van der Waals surface area contributed by atoms with E-state index in [1.54, 1.807) is 12.3 Å². The van der Waals surface area contributed by atoms with Crippen LogP contribution in [0.15, 0.2) is 18.6 Å². The highest BCUT2D eigenvalue weighted by atomic mass is 16.1. The van der Waals surface area contributed by atoms with Gasteiger partial charge in [0.1, 0.15) is 12.0 Å². The van der Waals surface area contributed by atoms with E-state index in [1.807, 2.05) is 6.92 Å². The van der Waals surface area contributed by atoms with E-state index < -0.39 is 0 Å². The van der Waals surface area contributed by atoms with Gasteiger partial charge in [-0.3, -0.25) is 4.79 Å².